The molecule has 0 atom stereocenters. The SMILES string of the molecule is CCOC(=O)CN(C(C)C)S(=O)(=O)c1ccc(F)cc1C. The van der Waals surface area contributed by atoms with Gasteiger partial charge in [0.1, 0.15) is 12.4 Å². The van der Waals surface area contributed by atoms with Gasteiger partial charge in [-0.15, -0.1) is 0 Å². The molecule has 1 aromatic rings. The summed E-state index contributed by atoms with van der Waals surface area (Å²) in [5.41, 5.74) is 0.296. The van der Waals surface area contributed by atoms with Gasteiger partial charge in [-0.1, -0.05) is 0 Å². The highest BCUT2D eigenvalue weighted by Crippen LogP contribution is 2.22. The molecule has 5 nitrogen and oxygen atoms in total. The van der Waals surface area contributed by atoms with Crippen LogP contribution in [0.1, 0.15) is 26.3 Å². The van der Waals surface area contributed by atoms with E-state index >= 15 is 0 Å². The number of ether oxygens (including phenoxy) is 1. The summed E-state index contributed by atoms with van der Waals surface area (Å²) in [5.74, 6) is -1.12. The van der Waals surface area contributed by atoms with Crippen LogP contribution in [0, 0.1) is 12.7 Å². The second-order valence-electron chi connectivity index (χ2n) is 4.86. The van der Waals surface area contributed by atoms with Gasteiger partial charge in [0.15, 0.2) is 0 Å². The number of esters is 1. The highest BCUT2D eigenvalue weighted by Gasteiger charge is 2.30. The lowest BCUT2D eigenvalue weighted by atomic mass is 10.2. The lowest BCUT2D eigenvalue weighted by Crippen LogP contribution is -2.41. The van der Waals surface area contributed by atoms with Crippen LogP contribution in [-0.2, 0) is 19.6 Å². The highest BCUT2D eigenvalue weighted by molar-refractivity contribution is 7.89. The summed E-state index contributed by atoms with van der Waals surface area (Å²) in [7, 11) is -3.90. The number of carbonyl (C=O) groups excluding carboxylic acids is 1. The number of hydrogen-bond donors (Lipinski definition) is 0. The number of rotatable bonds is 6. The first-order chi connectivity index (χ1) is 9.70. The summed E-state index contributed by atoms with van der Waals surface area (Å²) in [6.07, 6.45) is 0. The molecule has 0 aliphatic rings. The zero-order valence-electron chi connectivity index (χ0n) is 12.6. The zero-order chi connectivity index (χ0) is 16.2. The number of halogens is 1. The highest BCUT2D eigenvalue weighted by atomic mass is 32.2. The average molecular weight is 317 g/mol. The minimum absolute atomic E-state index is 0.0121. The van der Waals surface area contributed by atoms with Crippen molar-refractivity contribution in [2.24, 2.45) is 0 Å². The molecule has 1 rings (SSSR count). The first-order valence-corrected chi connectivity index (χ1v) is 8.07. The van der Waals surface area contributed by atoms with E-state index in [1.54, 1.807) is 20.8 Å². The molecular weight excluding hydrogens is 297 g/mol. The molecule has 0 fully saturated rings. The molecule has 0 aromatic heterocycles. The van der Waals surface area contributed by atoms with Crippen molar-refractivity contribution in [1.82, 2.24) is 4.31 Å². The van der Waals surface area contributed by atoms with Crippen LogP contribution in [0.2, 0.25) is 0 Å². The van der Waals surface area contributed by atoms with E-state index in [1.807, 2.05) is 0 Å². The number of benzene rings is 1. The van der Waals surface area contributed by atoms with Crippen molar-refractivity contribution in [1.29, 1.82) is 0 Å². The summed E-state index contributed by atoms with van der Waals surface area (Å²) in [6.45, 7) is 6.30. The third-order valence-corrected chi connectivity index (χ3v) is 5.07. The number of nitrogens with zero attached hydrogens (tertiary/aromatic N) is 1. The predicted molar refractivity (Wildman–Crippen MR) is 76.8 cm³/mol. The van der Waals surface area contributed by atoms with Crippen molar-refractivity contribution in [3.05, 3.63) is 29.6 Å². The Morgan fingerprint density at radius 3 is 2.48 bits per heavy atom. The van der Waals surface area contributed by atoms with E-state index in [1.165, 1.54) is 13.0 Å². The van der Waals surface area contributed by atoms with Crippen LogP contribution < -0.4 is 0 Å². The summed E-state index contributed by atoms with van der Waals surface area (Å²) in [6, 6.07) is 3.02. The average Bonchev–Trinajstić information content (AvgIpc) is 2.35. The van der Waals surface area contributed by atoms with Gasteiger partial charge in [-0.05, 0) is 51.5 Å². The van der Waals surface area contributed by atoms with Crippen LogP contribution in [0.25, 0.3) is 0 Å². The molecule has 0 aliphatic carbocycles. The van der Waals surface area contributed by atoms with Gasteiger partial charge in [-0.3, -0.25) is 4.79 Å². The number of sulfonamides is 1. The van der Waals surface area contributed by atoms with E-state index in [0.29, 0.717) is 5.56 Å². The molecule has 0 unspecified atom stereocenters. The summed E-state index contributed by atoms with van der Waals surface area (Å²) >= 11 is 0. The van der Waals surface area contributed by atoms with E-state index in [0.717, 1.165) is 16.4 Å². The van der Waals surface area contributed by atoms with Gasteiger partial charge in [0.25, 0.3) is 0 Å². The Morgan fingerprint density at radius 1 is 1.38 bits per heavy atom. The van der Waals surface area contributed by atoms with Crippen LogP contribution in [0.4, 0.5) is 4.39 Å². The van der Waals surface area contributed by atoms with Gasteiger partial charge >= 0.3 is 5.97 Å². The minimum atomic E-state index is -3.90. The van der Waals surface area contributed by atoms with Crippen LogP contribution in [0.15, 0.2) is 23.1 Å². The number of hydrogen-bond acceptors (Lipinski definition) is 4. The maximum Gasteiger partial charge on any atom is 0.321 e. The summed E-state index contributed by atoms with van der Waals surface area (Å²) < 4.78 is 44.3. The molecule has 21 heavy (non-hydrogen) atoms. The molecule has 0 spiro atoms. The molecular formula is C14H20FNO4S. The fraction of sp³-hybridized carbons (Fsp3) is 0.500. The summed E-state index contributed by atoms with van der Waals surface area (Å²) in [5, 5.41) is 0. The van der Waals surface area contributed by atoms with Crippen molar-refractivity contribution in [2.75, 3.05) is 13.2 Å². The lowest BCUT2D eigenvalue weighted by Gasteiger charge is -2.25. The maximum absolute atomic E-state index is 13.1. The Labute approximate surface area is 124 Å². The van der Waals surface area contributed by atoms with Crippen LogP contribution >= 0.6 is 0 Å². The van der Waals surface area contributed by atoms with Gasteiger partial charge in [0.2, 0.25) is 10.0 Å². The van der Waals surface area contributed by atoms with E-state index in [-0.39, 0.29) is 18.0 Å². The third-order valence-electron chi connectivity index (χ3n) is 2.89. The monoisotopic (exact) mass is 317 g/mol. The molecule has 0 saturated heterocycles. The molecule has 0 bridgehead atoms. The Balaban J connectivity index is 3.19. The quantitative estimate of drug-likeness (QED) is 0.754. The maximum atomic E-state index is 13.1. The normalized spacial score (nSPS) is 12.0. The Bertz CT molecular complexity index is 613. The second-order valence-corrected chi connectivity index (χ2v) is 6.72. The largest absolute Gasteiger partial charge is 0.465 e. The van der Waals surface area contributed by atoms with Gasteiger partial charge < -0.3 is 4.74 Å². The fourth-order valence-electron chi connectivity index (χ4n) is 1.91. The lowest BCUT2D eigenvalue weighted by molar-refractivity contribution is -0.143. The summed E-state index contributed by atoms with van der Waals surface area (Å²) in [4.78, 5) is 11.6. The molecule has 0 N–H and O–H groups in total. The van der Waals surface area contributed by atoms with Crippen molar-refractivity contribution in [3.8, 4) is 0 Å². The molecule has 0 radical (unpaired) electrons. The van der Waals surface area contributed by atoms with Crippen LogP contribution in [-0.4, -0.2) is 37.9 Å². The Morgan fingerprint density at radius 2 is 2.00 bits per heavy atom. The number of aryl methyl sites for hydroxylation is 1. The Hall–Kier alpha value is -1.47. The Kier molecular flexibility index (Phi) is 5.86. The molecule has 1 aromatic carbocycles. The van der Waals surface area contributed by atoms with Crippen LogP contribution in [0.5, 0.6) is 0 Å². The van der Waals surface area contributed by atoms with E-state index in [4.69, 9.17) is 4.74 Å². The van der Waals surface area contributed by atoms with E-state index < -0.39 is 27.9 Å². The van der Waals surface area contributed by atoms with Crippen LogP contribution in [0.3, 0.4) is 0 Å². The van der Waals surface area contributed by atoms with Crippen molar-refractivity contribution in [3.63, 3.8) is 0 Å². The fourth-order valence-corrected chi connectivity index (χ4v) is 3.70. The molecule has 0 amide bonds. The van der Waals surface area contributed by atoms with Crippen molar-refractivity contribution < 1.29 is 22.3 Å². The minimum Gasteiger partial charge on any atom is -0.465 e. The first kappa shape index (κ1) is 17.6. The molecule has 0 aliphatic heterocycles. The topological polar surface area (TPSA) is 63.7 Å². The molecule has 7 heteroatoms. The van der Waals surface area contributed by atoms with Gasteiger partial charge in [-0.25, -0.2) is 12.8 Å². The van der Waals surface area contributed by atoms with Crippen molar-refractivity contribution >= 4 is 16.0 Å². The molecule has 0 saturated carbocycles. The van der Waals surface area contributed by atoms with E-state index in [9.17, 15) is 17.6 Å². The smallest absolute Gasteiger partial charge is 0.321 e. The second kappa shape index (κ2) is 7.00. The van der Waals surface area contributed by atoms with E-state index in [2.05, 4.69) is 0 Å². The first-order valence-electron chi connectivity index (χ1n) is 6.63. The molecule has 118 valence electrons. The zero-order valence-corrected chi connectivity index (χ0v) is 13.4. The third kappa shape index (κ3) is 4.25. The predicted octanol–water partition coefficient (Wildman–Crippen LogP) is 2.10. The molecule has 0 heterocycles. The van der Waals surface area contributed by atoms with Crippen molar-refractivity contribution in [2.45, 2.75) is 38.6 Å². The van der Waals surface area contributed by atoms with Gasteiger partial charge in [0, 0.05) is 6.04 Å². The standard InChI is InChI=1S/C14H20FNO4S/c1-5-20-14(17)9-16(10(2)3)21(18,19)13-7-6-12(15)8-11(13)4/h6-8,10H,5,9H2,1-4H3. The van der Waals surface area contributed by atoms with Gasteiger partial charge in [-0.2, -0.15) is 4.31 Å². The van der Waals surface area contributed by atoms with Gasteiger partial charge in [0.05, 0.1) is 11.5 Å². The number of carbonyl (C=O) groups is 1.